The molecule has 1 aromatic rings. The van der Waals surface area contributed by atoms with Crippen molar-refractivity contribution in [3.63, 3.8) is 0 Å². The van der Waals surface area contributed by atoms with Crippen LogP contribution in [0.1, 0.15) is 16.8 Å². The Morgan fingerprint density at radius 1 is 1.47 bits per heavy atom. The maximum atomic E-state index is 11.0. The third-order valence-electron chi connectivity index (χ3n) is 2.67. The lowest BCUT2D eigenvalue weighted by Gasteiger charge is -2.14. The molecule has 1 aromatic carbocycles. The van der Waals surface area contributed by atoms with Gasteiger partial charge in [-0.25, -0.2) is 0 Å². The molecule has 1 aliphatic heterocycles. The fourth-order valence-electron chi connectivity index (χ4n) is 1.77. The highest BCUT2D eigenvalue weighted by atomic mass is 16.2. The minimum atomic E-state index is -0.513. The predicted molar refractivity (Wildman–Crippen MR) is 64.4 cm³/mol. The van der Waals surface area contributed by atoms with Crippen molar-refractivity contribution in [2.75, 3.05) is 17.6 Å². The second-order valence-corrected chi connectivity index (χ2v) is 4.02. The fourth-order valence-corrected chi connectivity index (χ4v) is 1.77. The van der Waals surface area contributed by atoms with Crippen molar-refractivity contribution in [3.05, 3.63) is 23.8 Å². The average molecular weight is 234 g/mol. The number of nitrogen functional groups attached to an aromatic ring is 1. The first-order valence-corrected chi connectivity index (χ1v) is 5.29. The third kappa shape index (κ3) is 2.47. The molecule has 1 unspecified atom stereocenters. The minimum Gasteiger partial charge on any atom is -0.397 e. The van der Waals surface area contributed by atoms with Gasteiger partial charge in [-0.2, -0.15) is 0 Å². The summed E-state index contributed by atoms with van der Waals surface area (Å²) in [6, 6.07) is 4.85. The van der Waals surface area contributed by atoms with Crippen molar-refractivity contribution >= 4 is 23.2 Å². The molecule has 6 nitrogen and oxygen atoms in total. The molecule has 6 heteroatoms. The second kappa shape index (κ2) is 4.32. The van der Waals surface area contributed by atoms with Gasteiger partial charge in [0.15, 0.2) is 0 Å². The normalized spacial score (nSPS) is 18.8. The van der Waals surface area contributed by atoms with Crippen LogP contribution in [-0.2, 0) is 4.79 Å². The van der Waals surface area contributed by atoms with Crippen LogP contribution in [0.3, 0.4) is 0 Å². The van der Waals surface area contributed by atoms with Crippen LogP contribution in [0, 0.1) is 0 Å². The zero-order valence-corrected chi connectivity index (χ0v) is 9.19. The first-order valence-electron chi connectivity index (χ1n) is 5.29. The minimum absolute atomic E-state index is 0.0230. The van der Waals surface area contributed by atoms with E-state index in [1.807, 2.05) is 0 Å². The van der Waals surface area contributed by atoms with Gasteiger partial charge >= 0.3 is 0 Å². The molecule has 0 aromatic heterocycles. The molecule has 0 radical (unpaired) electrons. The van der Waals surface area contributed by atoms with Crippen molar-refractivity contribution in [2.24, 2.45) is 5.73 Å². The summed E-state index contributed by atoms with van der Waals surface area (Å²) in [5.41, 5.74) is 12.5. The number of nitrogens with one attached hydrogen (secondary N) is 2. The largest absolute Gasteiger partial charge is 0.397 e. The van der Waals surface area contributed by atoms with Gasteiger partial charge in [0.2, 0.25) is 11.8 Å². The Bertz CT molecular complexity index is 473. The van der Waals surface area contributed by atoms with E-state index in [1.54, 1.807) is 12.1 Å². The lowest BCUT2D eigenvalue weighted by Crippen LogP contribution is -2.23. The van der Waals surface area contributed by atoms with E-state index in [1.165, 1.54) is 6.07 Å². The van der Waals surface area contributed by atoms with Gasteiger partial charge < -0.3 is 22.1 Å². The molecule has 1 heterocycles. The van der Waals surface area contributed by atoms with E-state index in [2.05, 4.69) is 10.6 Å². The summed E-state index contributed by atoms with van der Waals surface area (Å²) in [5.74, 6) is -0.490. The van der Waals surface area contributed by atoms with Crippen LogP contribution < -0.4 is 22.1 Å². The first-order chi connectivity index (χ1) is 8.06. The molecular formula is C11H14N4O2. The number of hydrogen-bond donors (Lipinski definition) is 4. The van der Waals surface area contributed by atoms with Crippen LogP contribution in [0.15, 0.2) is 18.2 Å². The number of nitrogens with two attached hydrogens (primary N) is 2. The first kappa shape index (κ1) is 11.3. The Hall–Kier alpha value is -2.24. The van der Waals surface area contributed by atoms with Gasteiger partial charge in [-0.1, -0.05) is 0 Å². The Labute approximate surface area is 98.4 Å². The molecule has 1 saturated heterocycles. The smallest absolute Gasteiger partial charge is 0.248 e. The summed E-state index contributed by atoms with van der Waals surface area (Å²) < 4.78 is 0. The quantitative estimate of drug-likeness (QED) is 0.536. The van der Waals surface area contributed by atoms with E-state index < -0.39 is 5.91 Å². The van der Waals surface area contributed by atoms with E-state index in [-0.39, 0.29) is 11.9 Å². The summed E-state index contributed by atoms with van der Waals surface area (Å²) in [6.07, 6.45) is 0.428. The zero-order valence-electron chi connectivity index (χ0n) is 9.19. The zero-order chi connectivity index (χ0) is 12.4. The summed E-state index contributed by atoms with van der Waals surface area (Å²) >= 11 is 0. The Kier molecular flexibility index (Phi) is 2.86. The van der Waals surface area contributed by atoms with Crippen molar-refractivity contribution in [3.8, 4) is 0 Å². The summed E-state index contributed by atoms with van der Waals surface area (Å²) in [6.45, 7) is 0.579. The molecule has 17 heavy (non-hydrogen) atoms. The van der Waals surface area contributed by atoms with Crippen molar-refractivity contribution in [2.45, 2.75) is 12.5 Å². The molecule has 0 bridgehead atoms. The Morgan fingerprint density at radius 3 is 2.76 bits per heavy atom. The average Bonchev–Trinajstić information content (AvgIpc) is 2.67. The highest BCUT2D eigenvalue weighted by Gasteiger charge is 2.21. The number of anilines is 2. The summed E-state index contributed by atoms with van der Waals surface area (Å²) in [4.78, 5) is 22.0. The van der Waals surface area contributed by atoms with Gasteiger partial charge in [-0.05, 0) is 18.2 Å². The van der Waals surface area contributed by atoms with Crippen LogP contribution >= 0.6 is 0 Å². The van der Waals surface area contributed by atoms with E-state index >= 15 is 0 Å². The number of primary amides is 1. The lowest BCUT2D eigenvalue weighted by atomic mass is 10.1. The van der Waals surface area contributed by atoms with Gasteiger partial charge in [-0.15, -0.1) is 0 Å². The van der Waals surface area contributed by atoms with Gasteiger partial charge in [0.05, 0.1) is 17.4 Å². The van der Waals surface area contributed by atoms with Crippen LogP contribution in [0.4, 0.5) is 11.4 Å². The van der Waals surface area contributed by atoms with Gasteiger partial charge in [0.25, 0.3) is 0 Å². The van der Waals surface area contributed by atoms with Crippen LogP contribution in [0.2, 0.25) is 0 Å². The molecule has 0 spiro atoms. The molecule has 6 N–H and O–H groups in total. The fraction of sp³-hybridized carbons (Fsp3) is 0.273. The maximum absolute atomic E-state index is 11.0. The van der Waals surface area contributed by atoms with Crippen LogP contribution in [-0.4, -0.2) is 24.4 Å². The second-order valence-electron chi connectivity index (χ2n) is 4.02. The van der Waals surface area contributed by atoms with Crippen LogP contribution in [0.25, 0.3) is 0 Å². The van der Waals surface area contributed by atoms with Gasteiger partial charge in [0, 0.05) is 18.5 Å². The summed E-state index contributed by atoms with van der Waals surface area (Å²) in [5, 5.41) is 5.87. The standard InChI is InChI=1S/C11H14N4O2/c12-8-3-6(11(13)17)1-2-9(8)15-7-4-10(16)14-5-7/h1-3,7,15H,4-5,12H2,(H2,13,17)(H,14,16). The number of benzene rings is 1. The number of carbonyl (C=O) groups excluding carboxylic acids is 2. The van der Waals surface area contributed by atoms with E-state index in [0.29, 0.717) is 29.9 Å². The summed E-state index contributed by atoms with van der Waals surface area (Å²) in [7, 11) is 0. The number of amides is 2. The topological polar surface area (TPSA) is 110 Å². The Balaban J connectivity index is 2.11. The molecule has 2 amide bonds. The molecule has 1 aliphatic rings. The van der Waals surface area contributed by atoms with Crippen molar-refractivity contribution < 1.29 is 9.59 Å². The molecule has 1 fully saturated rings. The van der Waals surface area contributed by atoms with Gasteiger partial charge in [0.1, 0.15) is 0 Å². The highest BCUT2D eigenvalue weighted by molar-refractivity contribution is 5.94. The van der Waals surface area contributed by atoms with E-state index in [0.717, 1.165) is 0 Å². The van der Waals surface area contributed by atoms with Crippen molar-refractivity contribution in [1.82, 2.24) is 5.32 Å². The number of carbonyl (C=O) groups is 2. The monoisotopic (exact) mass is 234 g/mol. The third-order valence-corrected chi connectivity index (χ3v) is 2.67. The van der Waals surface area contributed by atoms with Crippen LogP contribution in [0.5, 0.6) is 0 Å². The van der Waals surface area contributed by atoms with Crippen molar-refractivity contribution in [1.29, 1.82) is 0 Å². The SMILES string of the molecule is NC(=O)c1ccc(NC2CNC(=O)C2)c(N)c1. The molecule has 1 atom stereocenters. The van der Waals surface area contributed by atoms with E-state index in [9.17, 15) is 9.59 Å². The number of hydrogen-bond acceptors (Lipinski definition) is 4. The lowest BCUT2D eigenvalue weighted by molar-refractivity contribution is -0.119. The maximum Gasteiger partial charge on any atom is 0.248 e. The molecular weight excluding hydrogens is 220 g/mol. The molecule has 0 aliphatic carbocycles. The molecule has 0 saturated carbocycles. The highest BCUT2D eigenvalue weighted by Crippen LogP contribution is 2.21. The Morgan fingerprint density at radius 2 is 2.24 bits per heavy atom. The van der Waals surface area contributed by atoms with E-state index in [4.69, 9.17) is 11.5 Å². The molecule has 90 valence electrons. The van der Waals surface area contributed by atoms with Gasteiger partial charge in [-0.3, -0.25) is 9.59 Å². The number of rotatable bonds is 3. The molecule has 2 rings (SSSR count). The predicted octanol–water partition coefficient (Wildman–Crippen LogP) is -0.332.